The fraction of sp³-hybridized carbons (Fsp3) is 0.944. The first kappa shape index (κ1) is 88.1. The van der Waals surface area contributed by atoms with Gasteiger partial charge in [-0.25, -0.2) is 9.13 Å². The van der Waals surface area contributed by atoms with Gasteiger partial charge in [-0.15, -0.1) is 0 Å². The summed E-state index contributed by atoms with van der Waals surface area (Å²) in [4.78, 5) is 72.5. The summed E-state index contributed by atoms with van der Waals surface area (Å²) < 4.78 is 68.3. The van der Waals surface area contributed by atoms with E-state index in [1.54, 1.807) is 0 Å². The third-order valence-electron chi connectivity index (χ3n) is 17.0. The van der Waals surface area contributed by atoms with Crippen LogP contribution in [0.3, 0.4) is 0 Å². The normalized spacial score (nSPS) is 14.9. The number of hydrogen-bond acceptors (Lipinski definition) is 15. The predicted molar refractivity (Wildman–Crippen MR) is 363 cm³/mol. The summed E-state index contributed by atoms with van der Waals surface area (Å²) in [5.74, 6) is 0.879. The van der Waals surface area contributed by atoms with Crippen molar-refractivity contribution >= 4 is 39.5 Å². The van der Waals surface area contributed by atoms with Crippen molar-refractivity contribution in [2.75, 3.05) is 39.6 Å². The van der Waals surface area contributed by atoms with Gasteiger partial charge in [-0.2, -0.15) is 0 Å². The minimum absolute atomic E-state index is 0.102. The molecule has 0 aliphatic carbocycles. The minimum Gasteiger partial charge on any atom is -0.462 e. The van der Waals surface area contributed by atoms with E-state index < -0.39 is 97.5 Å². The summed E-state index contributed by atoms with van der Waals surface area (Å²) in [6.07, 6.45) is 43.2. The van der Waals surface area contributed by atoms with Gasteiger partial charge in [0.2, 0.25) is 0 Å². The number of aliphatic hydroxyl groups excluding tert-OH is 1. The average Bonchev–Trinajstić information content (AvgIpc) is 2.75. The molecule has 0 spiro atoms. The molecule has 0 saturated heterocycles. The van der Waals surface area contributed by atoms with Gasteiger partial charge in [0, 0.05) is 25.7 Å². The summed E-state index contributed by atoms with van der Waals surface area (Å²) in [7, 11) is -9.90. The number of aliphatic hydroxyl groups is 1. The fourth-order valence-corrected chi connectivity index (χ4v) is 12.2. The molecule has 0 radical (unpaired) electrons. The molecule has 0 aromatic heterocycles. The highest BCUT2D eigenvalue weighted by Gasteiger charge is 2.30. The fourth-order valence-electron chi connectivity index (χ4n) is 10.6. The first-order valence-corrected chi connectivity index (χ1v) is 39.8. The van der Waals surface area contributed by atoms with E-state index in [2.05, 4.69) is 55.4 Å². The van der Waals surface area contributed by atoms with Crippen LogP contribution in [0.2, 0.25) is 0 Å². The van der Waals surface area contributed by atoms with Crippen LogP contribution in [0.25, 0.3) is 0 Å². The zero-order valence-corrected chi connectivity index (χ0v) is 60.6. The molecule has 0 fully saturated rings. The van der Waals surface area contributed by atoms with E-state index in [-0.39, 0.29) is 25.7 Å². The maximum Gasteiger partial charge on any atom is 0.472 e. The second-order valence-corrected chi connectivity index (χ2v) is 30.0. The van der Waals surface area contributed by atoms with Gasteiger partial charge in [-0.3, -0.25) is 37.3 Å². The zero-order chi connectivity index (χ0) is 66.8. The lowest BCUT2D eigenvalue weighted by atomic mass is 9.99. The summed E-state index contributed by atoms with van der Waals surface area (Å²) in [6, 6.07) is 0. The van der Waals surface area contributed by atoms with Crippen molar-refractivity contribution in [1.29, 1.82) is 0 Å². The van der Waals surface area contributed by atoms with Crippen molar-refractivity contribution in [2.24, 2.45) is 23.7 Å². The van der Waals surface area contributed by atoms with Gasteiger partial charge in [0.25, 0.3) is 0 Å². The third-order valence-corrected chi connectivity index (χ3v) is 18.9. The number of phosphoric acid groups is 2. The van der Waals surface area contributed by atoms with E-state index in [1.165, 1.54) is 148 Å². The monoisotopic (exact) mass is 1320 g/mol. The molecular formula is C71H138O17P2. The Bertz CT molecular complexity index is 1790. The van der Waals surface area contributed by atoms with E-state index in [4.69, 9.17) is 37.0 Å². The van der Waals surface area contributed by atoms with Crippen molar-refractivity contribution in [3.05, 3.63) is 0 Å². The number of hydrogen-bond donors (Lipinski definition) is 3. The minimum atomic E-state index is -4.95. The molecule has 0 aliphatic rings. The molecule has 5 unspecified atom stereocenters. The highest BCUT2D eigenvalue weighted by Crippen LogP contribution is 2.45. The molecule has 0 rings (SSSR count). The van der Waals surface area contributed by atoms with Crippen molar-refractivity contribution in [3.63, 3.8) is 0 Å². The van der Waals surface area contributed by atoms with Gasteiger partial charge >= 0.3 is 39.5 Å². The number of carbonyl (C=O) groups is 4. The van der Waals surface area contributed by atoms with E-state index in [0.717, 1.165) is 114 Å². The van der Waals surface area contributed by atoms with Crippen LogP contribution in [-0.2, 0) is 65.4 Å². The molecule has 17 nitrogen and oxygen atoms in total. The standard InChI is InChI=1S/C71H138O17P2/c1-9-63(7)49-41-33-25-19-15-13-11-12-14-16-20-26-35-43-51-68(73)81-57-66(87-70(75)53-45-37-27-21-17-18-23-31-39-47-61(3)4)59-85-89(77,78)83-55-65(72)56-84-90(79,80)86-60-67(88-71(76)54-46-38-30-29-34-42-50-64(8)10-2)58-82-69(74)52-44-36-28-22-24-32-40-48-62(5)6/h61-67,72H,9-60H2,1-8H3,(H,77,78)(H,79,80)/t63?,64?,65?,66-,67-/m1/s1. The molecule has 0 aromatic carbocycles. The SMILES string of the molecule is CCC(C)CCCCCCCCCCCCCCCCC(=O)OC[C@H](COP(=O)(O)OCC(O)COP(=O)(O)OC[C@@H](COC(=O)CCCCCCCCCC(C)C)OC(=O)CCCCCCCCC(C)CC)OC(=O)CCCCCCCCCCCC(C)C. The highest BCUT2D eigenvalue weighted by molar-refractivity contribution is 7.47. The second-order valence-electron chi connectivity index (χ2n) is 27.1. The lowest BCUT2D eigenvalue weighted by Gasteiger charge is -2.21. The van der Waals surface area contributed by atoms with E-state index >= 15 is 0 Å². The molecule has 0 saturated carbocycles. The number of ether oxygens (including phenoxy) is 4. The first-order valence-electron chi connectivity index (χ1n) is 36.8. The Balaban J connectivity index is 5.21. The number of rotatable bonds is 68. The summed E-state index contributed by atoms with van der Waals surface area (Å²) in [5.41, 5.74) is 0. The van der Waals surface area contributed by atoms with E-state index in [9.17, 15) is 43.2 Å². The molecule has 0 amide bonds. The van der Waals surface area contributed by atoms with E-state index in [1.807, 2.05) is 0 Å². The zero-order valence-electron chi connectivity index (χ0n) is 58.8. The summed E-state index contributed by atoms with van der Waals surface area (Å²) in [5, 5.41) is 10.6. The first-order chi connectivity index (χ1) is 43.2. The van der Waals surface area contributed by atoms with Crippen LogP contribution in [0, 0.1) is 23.7 Å². The Labute approximate surface area is 549 Å². The van der Waals surface area contributed by atoms with Crippen LogP contribution < -0.4 is 0 Å². The maximum atomic E-state index is 13.0. The molecule has 0 heterocycles. The molecule has 0 aliphatic heterocycles. The van der Waals surface area contributed by atoms with Crippen LogP contribution in [0.15, 0.2) is 0 Å². The smallest absolute Gasteiger partial charge is 0.462 e. The van der Waals surface area contributed by atoms with Gasteiger partial charge < -0.3 is 33.8 Å². The van der Waals surface area contributed by atoms with Crippen molar-refractivity contribution < 1.29 is 80.2 Å². The molecule has 3 N–H and O–H groups in total. The Morgan fingerprint density at radius 1 is 0.311 bits per heavy atom. The quantitative estimate of drug-likeness (QED) is 0.0222. The maximum absolute atomic E-state index is 13.0. The Morgan fingerprint density at radius 2 is 0.533 bits per heavy atom. The Hall–Kier alpha value is -1.94. The predicted octanol–water partition coefficient (Wildman–Crippen LogP) is 20.1. The Morgan fingerprint density at radius 3 is 0.789 bits per heavy atom. The topological polar surface area (TPSA) is 237 Å². The third kappa shape index (κ3) is 62.2. The van der Waals surface area contributed by atoms with Crippen molar-refractivity contribution in [1.82, 2.24) is 0 Å². The molecule has 0 aromatic rings. The van der Waals surface area contributed by atoms with Gasteiger partial charge in [-0.05, 0) is 49.4 Å². The Kier molecular flexibility index (Phi) is 59.4. The molecule has 7 atom stereocenters. The second kappa shape index (κ2) is 60.7. The van der Waals surface area contributed by atoms with Gasteiger partial charge in [0.15, 0.2) is 12.2 Å². The number of unbranched alkanes of at least 4 members (excludes halogenated alkanes) is 32. The molecule has 19 heteroatoms. The van der Waals surface area contributed by atoms with E-state index in [0.29, 0.717) is 31.6 Å². The van der Waals surface area contributed by atoms with Crippen molar-refractivity contribution in [2.45, 2.75) is 369 Å². The molecule has 90 heavy (non-hydrogen) atoms. The average molecular weight is 1330 g/mol. The highest BCUT2D eigenvalue weighted by atomic mass is 31.2. The number of esters is 4. The number of carbonyl (C=O) groups excluding carboxylic acids is 4. The molecular weight excluding hydrogens is 1190 g/mol. The summed E-state index contributed by atoms with van der Waals surface area (Å²) in [6.45, 7) is 14.1. The molecule has 534 valence electrons. The van der Waals surface area contributed by atoms with Crippen molar-refractivity contribution in [3.8, 4) is 0 Å². The largest absolute Gasteiger partial charge is 0.472 e. The van der Waals surface area contributed by atoms with Gasteiger partial charge in [0.1, 0.15) is 19.3 Å². The van der Waals surface area contributed by atoms with Crippen LogP contribution >= 0.6 is 15.6 Å². The van der Waals surface area contributed by atoms with Crippen LogP contribution in [0.1, 0.15) is 351 Å². The van der Waals surface area contributed by atoms with Crippen LogP contribution in [0.5, 0.6) is 0 Å². The van der Waals surface area contributed by atoms with Gasteiger partial charge in [-0.1, -0.05) is 299 Å². The molecule has 0 bridgehead atoms. The van der Waals surface area contributed by atoms with Crippen LogP contribution in [-0.4, -0.2) is 96.7 Å². The lowest BCUT2D eigenvalue weighted by molar-refractivity contribution is -0.161. The number of phosphoric ester groups is 2. The lowest BCUT2D eigenvalue weighted by Crippen LogP contribution is -2.30. The van der Waals surface area contributed by atoms with Crippen LogP contribution in [0.4, 0.5) is 0 Å². The van der Waals surface area contributed by atoms with Gasteiger partial charge in [0.05, 0.1) is 26.4 Å². The summed E-state index contributed by atoms with van der Waals surface area (Å²) >= 11 is 0.